The number of nitrogens with zero attached hydrogens (tertiary/aromatic N) is 4. The van der Waals surface area contributed by atoms with Gasteiger partial charge in [-0.15, -0.1) is 0 Å². The van der Waals surface area contributed by atoms with Gasteiger partial charge in [0, 0.05) is 43.9 Å². The molecule has 50 heavy (non-hydrogen) atoms. The smallest absolute Gasteiger partial charge is 0.164 e. The normalized spacial score (nSPS) is 11.6. The van der Waals surface area contributed by atoms with Gasteiger partial charge in [0.15, 0.2) is 23.1 Å². The topological polar surface area (TPSA) is 56.7 Å². The van der Waals surface area contributed by atoms with Crippen LogP contribution in [0.25, 0.3) is 94.7 Å². The maximum Gasteiger partial charge on any atom is 0.164 e. The van der Waals surface area contributed by atoms with Gasteiger partial charge < -0.3 is 8.98 Å². The first-order chi connectivity index (χ1) is 24.8. The van der Waals surface area contributed by atoms with Crippen molar-refractivity contribution in [2.45, 2.75) is 0 Å². The minimum Gasteiger partial charge on any atom is -0.454 e. The molecule has 0 saturated heterocycles. The van der Waals surface area contributed by atoms with E-state index in [1.54, 1.807) is 0 Å². The largest absolute Gasteiger partial charge is 0.454 e. The minimum absolute atomic E-state index is 0.610. The maximum atomic E-state index is 6.66. The molecule has 0 unspecified atom stereocenters. The minimum atomic E-state index is 0.610. The number of fused-ring (bicyclic) bond motifs is 7. The zero-order valence-corrected chi connectivity index (χ0v) is 26.9. The molecular weight excluding hydrogens is 613 g/mol. The number of benzene rings is 7. The lowest BCUT2D eigenvalue weighted by Gasteiger charge is -2.12. The first-order valence-electron chi connectivity index (χ1n) is 16.7. The molecule has 0 aliphatic carbocycles. The van der Waals surface area contributed by atoms with Crippen LogP contribution >= 0.6 is 0 Å². The van der Waals surface area contributed by atoms with Gasteiger partial charge in [-0.05, 0) is 41.5 Å². The third-order valence-corrected chi connectivity index (χ3v) is 9.44. The van der Waals surface area contributed by atoms with Gasteiger partial charge in [-0.1, -0.05) is 140 Å². The second kappa shape index (κ2) is 11.4. The van der Waals surface area contributed by atoms with Crippen LogP contribution in [0, 0.1) is 0 Å². The molecule has 0 aliphatic rings. The fourth-order valence-corrected chi connectivity index (χ4v) is 7.08. The zero-order chi connectivity index (χ0) is 33.0. The Kier molecular flexibility index (Phi) is 6.42. The molecular formula is C45H28N4O. The standard InChI is InChI=1S/C45H28N4O/c1-4-13-29(14-5-1)32-23-24-35-37-25-26-38-36-21-10-11-22-40(36)50-42(38)41(37)49(39(35)28-32)34-20-12-19-33(27-34)45-47-43(30-15-6-2-7-16-30)46-44(48-45)31-17-8-3-9-18-31/h1-28H. The van der Waals surface area contributed by atoms with Crippen molar-refractivity contribution in [2.75, 3.05) is 0 Å². The second-order valence-corrected chi connectivity index (χ2v) is 12.5. The summed E-state index contributed by atoms with van der Waals surface area (Å²) >= 11 is 0. The van der Waals surface area contributed by atoms with Crippen LogP contribution < -0.4 is 0 Å². The summed E-state index contributed by atoms with van der Waals surface area (Å²) in [6, 6.07) is 58.6. The van der Waals surface area contributed by atoms with E-state index in [0.717, 1.165) is 71.7 Å². The van der Waals surface area contributed by atoms with Crippen molar-refractivity contribution in [1.29, 1.82) is 0 Å². The first-order valence-corrected chi connectivity index (χ1v) is 16.7. The average molecular weight is 641 g/mol. The third kappa shape index (κ3) is 4.60. The lowest BCUT2D eigenvalue weighted by molar-refractivity contribution is 0.671. The predicted molar refractivity (Wildman–Crippen MR) is 203 cm³/mol. The molecule has 0 amide bonds. The molecule has 10 rings (SSSR count). The fourth-order valence-electron chi connectivity index (χ4n) is 7.08. The second-order valence-electron chi connectivity index (χ2n) is 12.5. The maximum absolute atomic E-state index is 6.66. The van der Waals surface area contributed by atoms with Crippen LogP contribution in [0.5, 0.6) is 0 Å². The van der Waals surface area contributed by atoms with Crippen LogP contribution in [0.2, 0.25) is 0 Å². The predicted octanol–water partition coefficient (Wildman–Crippen LogP) is 11.5. The van der Waals surface area contributed by atoms with Gasteiger partial charge >= 0.3 is 0 Å². The highest BCUT2D eigenvalue weighted by atomic mass is 16.3. The molecule has 0 bridgehead atoms. The highest BCUT2D eigenvalue weighted by molar-refractivity contribution is 6.21. The Morgan fingerprint density at radius 1 is 0.380 bits per heavy atom. The molecule has 10 aromatic rings. The first kappa shape index (κ1) is 28.2. The number of rotatable bonds is 5. The third-order valence-electron chi connectivity index (χ3n) is 9.44. The van der Waals surface area contributed by atoms with Crippen molar-refractivity contribution in [2.24, 2.45) is 0 Å². The summed E-state index contributed by atoms with van der Waals surface area (Å²) in [5.74, 6) is 1.88. The van der Waals surface area contributed by atoms with Crippen molar-refractivity contribution < 1.29 is 4.42 Å². The summed E-state index contributed by atoms with van der Waals surface area (Å²) in [4.78, 5) is 15.0. The van der Waals surface area contributed by atoms with E-state index in [0.29, 0.717) is 17.5 Å². The monoisotopic (exact) mass is 640 g/mol. The van der Waals surface area contributed by atoms with E-state index in [1.165, 1.54) is 5.56 Å². The molecule has 234 valence electrons. The molecule has 0 saturated carbocycles. The highest BCUT2D eigenvalue weighted by Crippen LogP contribution is 2.41. The molecule has 3 aromatic heterocycles. The van der Waals surface area contributed by atoms with Crippen molar-refractivity contribution in [1.82, 2.24) is 19.5 Å². The Morgan fingerprint density at radius 3 is 1.64 bits per heavy atom. The van der Waals surface area contributed by atoms with E-state index >= 15 is 0 Å². The molecule has 0 N–H and O–H groups in total. The Balaban J connectivity index is 1.24. The summed E-state index contributed by atoms with van der Waals surface area (Å²) in [5.41, 5.74) is 9.94. The van der Waals surface area contributed by atoms with Gasteiger partial charge in [0.2, 0.25) is 0 Å². The van der Waals surface area contributed by atoms with E-state index < -0.39 is 0 Å². The molecule has 5 heteroatoms. The van der Waals surface area contributed by atoms with Gasteiger partial charge in [0.1, 0.15) is 5.58 Å². The molecule has 0 radical (unpaired) electrons. The summed E-state index contributed by atoms with van der Waals surface area (Å²) in [6.07, 6.45) is 0. The van der Waals surface area contributed by atoms with Crippen molar-refractivity contribution in [3.8, 4) is 51.0 Å². The summed E-state index contributed by atoms with van der Waals surface area (Å²) < 4.78 is 9.00. The molecule has 0 fully saturated rings. The lowest BCUT2D eigenvalue weighted by atomic mass is 10.0. The van der Waals surface area contributed by atoms with Gasteiger partial charge in [-0.2, -0.15) is 0 Å². The van der Waals surface area contributed by atoms with E-state index in [4.69, 9.17) is 19.4 Å². The average Bonchev–Trinajstić information content (AvgIpc) is 3.74. The lowest BCUT2D eigenvalue weighted by Crippen LogP contribution is -2.01. The van der Waals surface area contributed by atoms with Crippen molar-refractivity contribution in [3.05, 3.63) is 170 Å². The quantitative estimate of drug-likeness (QED) is 0.188. The Hall–Kier alpha value is -6.85. The number of aromatic nitrogens is 4. The van der Waals surface area contributed by atoms with Gasteiger partial charge in [-0.25, -0.2) is 15.0 Å². The zero-order valence-electron chi connectivity index (χ0n) is 26.9. The molecule has 0 spiro atoms. The van der Waals surface area contributed by atoms with Crippen LogP contribution in [0.1, 0.15) is 0 Å². The van der Waals surface area contributed by atoms with Crippen LogP contribution in [-0.2, 0) is 0 Å². The molecule has 3 heterocycles. The van der Waals surface area contributed by atoms with Gasteiger partial charge in [-0.3, -0.25) is 0 Å². The Bertz CT molecular complexity index is 2800. The van der Waals surface area contributed by atoms with Gasteiger partial charge in [0.25, 0.3) is 0 Å². The molecule has 5 nitrogen and oxygen atoms in total. The van der Waals surface area contributed by atoms with E-state index in [9.17, 15) is 0 Å². The van der Waals surface area contributed by atoms with E-state index in [-0.39, 0.29) is 0 Å². The van der Waals surface area contributed by atoms with Crippen LogP contribution in [-0.4, -0.2) is 19.5 Å². The Morgan fingerprint density at radius 2 is 0.940 bits per heavy atom. The SMILES string of the molecule is c1ccc(-c2ccc3c4ccc5c6ccccc6oc5c4n(-c4cccc(-c5nc(-c6ccccc6)nc(-c6ccccc6)n5)c4)c3c2)cc1. The molecule has 0 aliphatic heterocycles. The fraction of sp³-hybridized carbons (Fsp3) is 0. The van der Waals surface area contributed by atoms with Crippen LogP contribution in [0.3, 0.4) is 0 Å². The number of hydrogen-bond acceptors (Lipinski definition) is 4. The number of hydrogen-bond donors (Lipinski definition) is 0. The summed E-state index contributed by atoms with van der Waals surface area (Å²) in [6.45, 7) is 0. The summed E-state index contributed by atoms with van der Waals surface area (Å²) in [7, 11) is 0. The van der Waals surface area contributed by atoms with Crippen LogP contribution in [0.15, 0.2) is 174 Å². The Labute approximate surface area is 287 Å². The van der Waals surface area contributed by atoms with Crippen molar-refractivity contribution in [3.63, 3.8) is 0 Å². The number of para-hydroxylation sites is 1. The van der Waals surface area contributed by atoms with E-state index in [1.807, 2.05) is 72.8 Å². The molecule has 0 atom stereocenters. The number of furan rings is 1. The highest BCUT2D eigenvalue weighted by Gasteiger charge is 2.20. The molecule has 7 aromatic carbocycles. The van der Waals surface area contributed by atoms with Crippen molar-refractivity contribution >= 4 is 43.7 Å². The van der Waals surface area contributed by atoms with Gasteiger partial charge in [0.05, 0.1) is 11.0 Å². The summed E-state index contributed by atoms with van der Waals surface area (Å²) in [5, 5.41) is 4.49. The van der Waals surface area contributed by atoms with E-state index in [2.05, 4.69) is 102 Å². The van der Waals surface area contributed by atoms with Crippen LogP contribution in [0.4, 0.5) is 0 Å².